The van der Waals surface area contributed by atoms with Crippen molar-refractivity contribution >= 4 is 38.7 Å². The SMILES string of the molecule is CCOC(=O)N1CCN(CC(=O)Nc2nc3ccc(C)cc3s2)CC1. The minimum Gasteiger partial charge on any atom is -0.450 e. The maximum absolute atomic E-state index is 12.3. The summed E-state index contributed by atoms with van der Waals surface area (Å²) in [5.74, 6) is -0.0830. The summed E-state index contributed by atoms with van der Waals surface area (Å²) >= 11 is 1.48. The first-order chi connectivity index (χ1) is 12.0. The molecule has 0 spiro atoms. The number of benzene rings is 1. The summed E-state index contributed by atoms with van der Waals surface area (Å²) < 4.78 is 6.06. The fourth-order valence-electron chi connectivity index (χ4n) is 2.75. The molecule has 1 aliphatic rings. The van der Waals surface area contributed by atoms with Crippen LogP contribution < -0.4 is 5.32 Å². The van der Waals surface area contributed by atoms with Crippen LogP contribution in [0.2, 0.25) is 0 Å². The van der Waals surface area contributed by atoms with E-state index in [0.29, 0.717) is 44.5 Å². The molecule has 1 aromatic carbocycles. The summed E-state index contributed by atoms with van der Waals surface area (Å²) in [5, 5.41) is 3.50. The van der Waals surface area contributed by atoms with Crippen molar-refractivity contribution < 1.29 is 14.3 Å². The first-order valence-corrected chi connectivity index (χ1v) is 9.18. The Morgan fingerprint density at radius 3 is 2.76 bits per heavy atom. The Morgan fingerprint density at radius 1 is 1.28 bits per heavy atom. The van der Waals surface area contributed by atoms with Crippen molar-refractivity contribution in [3.05, 3.63) is 23.8 Å². The molecule has 1 fully saturated rings. The number of ether oxygens (including phenoxy) is 1. The molecular weight excluding hydrogens is 340 g/mol. The Labute approximate surface area is 150 Å². The largest absolute Gasteiger partial charge is 0.450 e. The molecule has 2 aromatic rings. The molecule has 0 radical (unpaired) electrons. The van der Waals surface area contributed by atoms with Gasteiger partial charge in [0.05, 0.1) is 23.4 Å². The summed E-state index contributed by atoms with van der Waals surface area (Å²) in [7, 11) is 0. The maximum atomic E-state index is 12.3. The van der Waals surface area contributed by atoms with E-state index < -0.39 is 0 Å². The van der Waals surface area contributed by atoms with Gasteiger partial charge in [-0.15, -0.1) is 0 Å². The number of thiazole rings is 1. The van der Waals surface area contributed by atoms with E-state index in [2.05, 4.69) is 16.4 Å². The molecule has 0 unspecified atom stereocenters. The summed E-state index contributed by atoms with van der Waals surface area (Å²) in [6.07, 6.45) is -0.281. The summed E-state index contributed by atoms with van der Waals surface area (Å²) in [6, 6.07) is 6.04. The van der Waals surface area contributed by atoms with Gasteiger partial charge in [-0.3, -0.25) is 9.69 Å². The molecule has 1 N–H and O–H groups in total. The average Bonchev–Trinajstić information content (AvgIpc) is 2.96. The van der Waals surface area contributed by atoms with Crippen molar-refractivity contribution in [1.82, 2.24) is 14.8 Å². The van der Waals surface area contributed by atoms with Crippen molar-refractivity contribution in [3.8, 4) is 0 Å². The molecule has 0 aliphatic carbocycles. The number of anilines is 1. The molecule has 1 aliphatic heterocycles. The molecule has 2 heterocycles. The van der Waals surface area contributed by atoms with Gasteiger partial charge in [0.25, 0.3) is 0 Å². The highest BCUT2D eigenvalue weighted by molar-refractivity contribution is 7.22. The number of hydrogen-bond acceptors (Lipinski definition) is 6. The summed E-state index contributed by atoms with van der Waals surface area (Å²) in [4.78, 5) is 32.1. The lowest BCUT2D eigenvalue weighted by molar-refractivity contribution is -0.117. The standard InChI is InChI=1S/C17H22N4O3S/c1-3-24-17(23)21-8-6-20(7-9-21)11-15(22)19-16-18-13-5-4-12(2)10-14(13)25-16/h4-5,10H,3,6-9,11H2,1-2H3,(H,18,19,22). The number of fused-ring (bicyclic) bond motifs is 1. The number of aromatic nitrogens is 1. The maximum Gasteiger partial charge on any atom is 0.409 e. The highest BCUT2D eigenvalue weighted by Gasteiger charge is 2.23. The molecule has 134 valence electrons. The third-order valence-electron chi connectivity index (χ3n) is 4.06. The van der Waals surface area contributed by atoms with Gasteiger partial charge in [-0.1, -0.05) is 17.4 Å². The molecule has 0 saturated carbocycles. The van der Waals surface area contributed by atoms with Crippen LogP contribution in [0.25, 0.3) is 10.2 Å². The van der Waals surface area contributed by atoms with Crippen molar-refractivity contribution in [2.75, 3.05) is 44.6 Å². The third-order valence-corrected chi connectivity index (χ3v) is 4.99. The Balaban J connectivity index is 1.50. The Hall–Kier alpha value is -2.19. The smallest absolute Gasteiger partial charge is 0.409 e. The number of nitrogens with one attached hydrogen (secondary N) is 1. The second-order valence-electron chi connectivity index (χ2n) is 6.00. The van der Waals surface area contributed by atoms with Crippen LogP contribution in [0.3, 0.4) is 0 Å². The minimum absolute atomic E-state index is 0.0830. The number of aryl methyl sites for hydroxylation is 1. The molecule has 1 aromatic heterocycles. The van der Waals surface area contributed by atoms with Crippen molar-refractivity contribution in [2.45, 2.75) is 13.8 Å². The van der Waals surface area contributed by atoms with Crippen LogP contribution >= 0.6 is 11.3 Å². The lowest BCUT2D eigenvalue weighted by Gasteiger charge is -2.33. The first kappa shape index (κ1) is 17.6. The van der Waals surface area contributed by atoms with Gasteiger partial charge in [-0.25, -0.2) is 9.78 Å². The molecule has 25 heavy (non-hydrogen) atoms. The summed E-state index contributed by atoms with van der Waals surface area (Å²) in [6.45, 7) is 6.97. The number of amides is 2. The van der Waals surface area contributed by atoms with Gasteiger partial charge in [0.1, 0.15) is 0 Å². The van der Waals surface area contributed by atoms with Crippen molar-refractivity contribution in [3.63, 3.8) is 0 Å². The van der Waals surface area contributed by atoms with Gasteiger partial charge in [0, 0.05) is 26.2 Å². The van der Waals surface area contributed by atoms with Gasteiger partial charge in [0.15, 0.2) is 5.13 Å². The number of hydrogen-bond donors (Lipinski definition) is 1. The van der Waals surface area contributed by atoms with E-state index in [9.17, 15) is 9.59 Å². The molecule has 0 bridgehead atoms. The third kappa shape index (κ3) is 4.46. The quantitative estimate of drug-likeness (QED) is 0.903. The predicted octanol–water partition coefficient (Wildman–Crippen LogP) is 2.32. The fourth-order valence-corrected chi connectivity index (χ4v) is 3.73. The van der Waals surface area contributed by atoms with Crippen LogP contribution in [0.1, 0.15) is 12.5 Å². The van der Waals surface area contributed by atoms with E-state index in [-0.39, 0.29) is 12.0 Å². The highest BCUT2D eigenvalue weighted by Crippen LogP contribution is 2.26. The Bertz CT molecular complexity index is 768. The fraction of sp³-hybridized carbons (Fsp3) is 0.471. The number of rotatable bonds is 4. The molecule has 8 heteroatoms. The predicted molar refractivity (Wildman–Crippen MR) is 98.0 cm³/mol. The average molecular weight is 362 g/mol. The minimum atomic E-state index is -0.281. The van der Waals surface area contributed by atoms with Gasteiger partial charge < -0.3 is 15.0 Å². The van der Waals surface area contributed by atoms with E-state index in [1.807, 2.05) is 24.0 Å². The summed E-state index contributed by atoms with van der Waals surface area (Å²) in [5.41, 5.74) is 2.07. The number of nitrogens with zero attached hydrogens (tertiary/aromatic N) is 3. The van der Waals surface area contributed by atoms with E-state index in [0.717, 1.165) is 10.2 Å². The monoisotopic (exact) mass is 362 g/mol. The van der Waals surface area contributed by atoms with E-state index >= 15 is 0 Å². The van der Waals surface area contributed by atoms with Crippen LogP contribution in [-0.4, -0.2) is 66.1 Å². The zero-order chi connectivity index (χ0) is 17.8. The zero-order valence-corrected chi connectivity index (χ0v) is 15.3. The van der Waals surface area contributed by atoms with Crippen LogP contribution in [0.5, 0.6) is 0 Å². The van der Waals surface area contributed by atoms with Crippen molar-refractivity contribution in [1.29, 1.82) is 0 Å². The van der Waals surface area contributed by atoms with Crippen LogP contribution in [0.15, 0.2) is 18.2 Å². The van der Waals surface area contributed by atoms with Gasteiger partial charge in [0.2, 0.25) is 5.91 Å². The first-order valence-electron chi connectivity index (χ1n) is 8.36. The lowest BCUT2D eigenvalue weighted by Crippen LogP contribution is -2.50. The van der Waals surface area contributed by atoms with E-state index in [4.69, 9.17) is 4.74 Å². The van der Waals surface area contributed by atoms with Gasteiger partial charge >= 0.3 is 6.09 Å². The van der Waals surface area contributed by atoms with Crippen molar-refractivity contribution in [2.24, 2.45) is 0 Å². The van der Waals surface area contributed by atoms with Crippen LogP contribution in [-0.2, 0) is 9.53 Å². The van der Waals surface area contributed by atoms with Crippen LogP contribution in [0.4, 0.5) is 9.93 Å². The van der Waals surface area contributed by atoms with E-state index in [1.54, 1.807) is 11.8 Å². The number of carbonyl (C=O) groups excluding carboxylic acids is 2. The number of carbonyl (C=O) groups is 2. The molecule has 7 nitrogen and oxygen atoms in total. The highest BCUT2D eigenvalue weighted by atomic mass is 32.1. The Kier molecular flexibility index (Phi) is 5.50. The van der Waals surface area contributed by atoms with Crippen LogP contribution in [0, 0.1) is 6.92 Å². The molecule has 3 rings (SSSR count). The normalized spacial score (nSPS) is 15.4. The molecule has 1 saturated heterocycles. The topological polar surface area (TPSA) is 74.8 Å². The molecule has 0 atom stereocenters. The second kappa shape index (κ2) is 7.79. The van der Waals surface area contributed by atoms with Gasteiger partial charge in [-0.05, 0) is 31.5 Å². The second-order valence-corrected chi connectivity index (χ2v) is 7.03. The van der Waals surface area contributed by atoms with E-state index in [1.165, 1.54) is 16.9 Å². The zero-order valence-electron chi connectivity index (χ0n) is 14.4. The van der Waals surface area contributed by atoms with Gasteiger partial charge in [-0.2, -0.15) is 0 Å². The molecular formula is C17H22N4O3S. The Morgan fingerprint density at radius 2 is 2.04 bits per heavy atom. The number of piperazine rings is 1. The molecule has 2 amide bonds. The lowest BCUT2D eigenvalue weighted by atomic mass is 10.2.